The molecule has 0 aliphatic rings. The third-order valence-corrected chi connectivity index (χ3v) is 6.31. The molecule has 0 N–H and O–H groups in total. The molecular weight excluding hydrogens is 532 g/mol. The van der Waals surface area contributed by atoms with Crippen molar-refractivity contribution in [3.8, 4) is 17.1 Å². The molecule has 3 aromatic carbocycles. The Labute approximate surface area is 202 Å². The zero-order chi connectivity index (χ0) is 22.1. The molecule has 5 rings (SSSR count). The number of pyridine rings is 1. The lowest BCUT2D eigenvalue weighted by atomic mass is 9.98. The average Bonchev–Trinajstić information content (AvgIpc) is 3.29. The molecular formula is C25H18Br2N4O. The van der Waals surface area contributed by atoms with E-state index in [2.05, 4.69) is 66.4 Å². The standard InChI is InChI=1S/C25H18Br2N4O/c1-32-25-21(14-18-13-20(27)11-12-22(18)28-25)24(17-5-3-2-4-6-17)31-15-23(29-30-31)16-7-9-19(26)10-8-16/h2-15,24H,1H3. The topological polar surface area (TPSA) is 52.8 Å². The van der Waals surface area contributed by atoms with Gasteiger partial charge in [0, 0.05) is 25.5 Å². The molecule has 32 heavy (non-hydrogen) atoms. The monoisotopic (exact) mass is 548 g/mol. The third-order valence-electron chi connectivity index (χ3n) is 5.29. The van der Waals surface area contributed by atoms with Crippen molar-refractivity contribution in [1.82, 2.24) is 20.0 Å². The summed E-state index contributed by atoms with van der Waals surface area (Å²) in [5.41, 5.74) is 4.65. The lowest BCUT2D eigenvalue weighted by Gasteiger charge is -2.20. The molecule has 5 nitrogen and oxygen atoms in total. The molecule has 0 aliphatic carbocycles. The van der Waals surface area contributed by atoms with E-state index in [1.165, 1.54) is 0 Å². The van der Waals surface area contributed by atoms with Crippen molar-refractivity contribution in [2.75, 3.05) is 7.11 Å². The minimum absolute atomic E-state index is 0.251. The molecule has 158 valence electrons. The Morgan fingerprint density at radius 2 is 1.62 bits per heavy atom. The van der Waals surface area contributed by atoms with Gasteiger partial charge in [-0.2, -0.15) is 0 Å². The van der Waals surface area contributed by atoms with Gasteiger partial charge < -0.3 is 4.74 Å². The van der Waals surface area contributed by atoms with Crippen LogP contribution in [0, 0.1) is 0 Å². The Bertz CT molecular complexity index is 1380. The van der Waals surface area contributed by atoms with Gasteiger partial charge in [-0.3, -0.25) is 0 Å². The fraction of sp³-hybridized carbons (Fsp3) is 0.0800. The molecule has 1 atom stereocenters. The van der Waals surface area contributed by atoms with Gasteiger partial charge in [0.2, 0.25) is 5.88 Å². The minimum atomic E-state index is -0.251. The fourth-order valence-corrected chi connectivity index (χ4v) is 4.41. The number of ether oxygens (including phenoxy) is 1. The van der Waals surface area contributed by atoms with Crippen LogP contribution >= 0.6 is 31.9 Å². The van der Waals surface area contributed by atoms with Crippen LogP contribution in [-0.2, 0) is 0 Å². The molecule has 5 aromatic rings. The molecule has 0 radical (unpaired) electrons. The van der Waals surface area contributed by atoms with Gasteiger partial charge in [-0.25, -0.2) is 9.67 Å². The van der Waals surface area contributed by atoms with Gasteiger partial charge in [0.1, 0.15) is 11.7 Å². The first-order chi connectivity index (χ1) is 15.6. The molecule has 0 saturated carbocycles. The van der Waals surface area contributed by atoms with Crippen LogP contribution in [-0.4, -0.2) is 27.1 Å². The largest absolute Gasteiger partial charge is 0.481 e. The number of aromatic nitrogens is 4. The van der Waals surface area contributed by atoms with E-state index < -0.39 is 0 Å². The van der Waals surface area contributed by atoms with Crippen LogP contribution in [0.2, 0.25) is 0 Å². The quantitative estimate of drug-likeness (QED) is 0.246. The zero-order valence-corrected chi connectivity index (χ0v) is 20.3. The Balaban J connectivity index is 1.69. The van der Waals surface area contributed by atoms with E-state index >= 15 is 0 Å². The number of methoxy groups -OCH3 is 1. The number of rotatable bonds is 5. The van der Waals surface area contributed by atoms with Gasteiger partial charge in [0.25, 0.3) is 0 Å². The van der Waals surface area contributed by atoms with Crippen molar-refractivity contribution in [3.63, 3.8) is 0 Å². The highest BCUT2D eigenvalue weighted by atomic mass is 79.9. The second-order valence-electron chi connectivity index (χ2n) is 7.33. The molecule has 1 unspecified atom stereocenters. The van der Waals surface area contributed by atoms with E-state index in [1.54, 1.807) is 7.11 Å². The maximum atomic E-state index is 5.72. The van der Waals surface area contributed by atoms with Gasteiger partial charge in [-0.05, 0) is 42.0 Å². The second-order valence-corrected chi connectivity index (χ2v) is 9.16. The molecule has 0 amide bonds. The third kappa shape index (κ3) is 4.06. The molecule has 7 heteroatoms. The summed E-state index contributed by atoms with van der Waals surface area (Å²) in [5, 5.41) is 9.97. The molecule has 0 bridgehead atoms. The first-order valence-corrected chi connectivity index (χ1v) is 11.6. The number of hydrogen-bond donors (Lipinski definition) is 0. The van der Waals surface area contributed by atoms with Crippen molar-refractivity contribution in [2.45, 2.75) is 6.04 Å². The lowest BCUT2D eigenvalue weighted by molar-refractivity contribution is 0.387. The van der Waals surface area contributed by atoms with Crippen LogP contribution in [0.5, 0.6) is 5.88 Å². The highest BCUT2D eigenvalue weighted by Gasteiger charge is 2.24. The smallest absolute Gasteiger partial charge is 0.219 e. The SMILES string of the molecule is COc1nc2ccc(Br)cc2cc1C(c1ccccc1)n1cc(-c2ccc(Br)cc2)nn1. The van der Waals surface area contributed by atoms with Crippen LogP contribution in [0.25, 0.3) is 22.2 Å². The van der Waals surface area contributed by atoms with E-state index in [9.17, 15) is 0 Å². The summed E-state index contributed by atoms with van der Waals surface area (Å²) in [5.74, 6) is 0.564. The Morgan fingerprint density at radius 1 is 0.875 bits per heavy atom. The highest BCUT2D eigenvalue weighted by Crippen LogP contribution is 2.35. The van der Waals surface area contributed by atoms with Gasteiger partial charge in [0.05, 0.1) is 18.8 Å². The van der Waals surface area contributed by atoms with Crippen LogP contribution < -0.4 is 4.74 Å². The fourth-order valence-electron chi connectivity index (χ4n) is 3.77. The van der Waals surface area contributed by atoms with Crippen molar-refractivity contribution in [3.05, 3.63) is 105 Å². The molecule has 0 spiro atoms. The van der Waals surface area contributed by atoms with E-state index in [1.807, 2.05) is 65.5 Å². The summed E-state index contributed by atoms with van der Waals surface area (Å²) in [6.07, 6.45) is 1.96. The normalized spacial score (nSPS) is 12.1. The van der Waals surface area contributed by atoms with Gasteiger partial charge in [0.15, 0.2) is 0 Å². The van der Waals surface area contributed by atoms with E-state index in [0.717, 1.165) is 42.2 Å². The van der Waals surface area contributed by atoms with Crippen LogP contribution in [0.4, 0.5) is 0 Å². The van der Waals surface area contributed by atoms with Crippen molar-refractivity contribution in [1.29, 1.82) is 0 Å². The minimum Gasteiger partial charge on any atom is -0.481 e. The van der Waals surface area contributed by atoms with Crippen molar-refractivity contribution >= 4 is 42.8 Å². The van der Waals surface area contributed by atoms with Crippen LogP contribution in [0.1, 0.15) is 17.2 Å². The Morgan fingerprint density at radius 3 is 2.38 bits per heavy atom. The van der Waals surface area contributed by atoms with Crippen molar-refractivity contribution < 1.29 is 4.74 Å². The molecule has 2 heterocycles. The maximum Gasteiger partial charge on any atom is 0.219 e. The number of halogens is 2. The summed E-state index contributed by atoms with van der Waals surface area (Å²) in [7, 11) is 1.65. The first-order valence-electron chi connectivity index (χ1n) is 9.99. The molecule has 0 aliphatic heterocycles. The van der Waals surface area contributed by atoms with Crippen LogP contribution in [0.15, 0.2) is 94.0 Å². The summed E-state index contributed by atoms with van der Waals surface area (Å²) in [6.45, 7) is 0. The number of hydrogen-bond acceptors (Lipinski definition) is 4. The highest BCUT2D eigenvalue weighted by molar-refractivity contribution is 9.10. The van der Waals surface area contributed by atoms with Crippen molar-refractivity contribution in [2.24, 2.45) is 0 Å². The maximum absolute atomic E-state index is 5.72. The van der Waals surface area contributed by atoms with Gasteiger partial charge in [-0.1, -0.05) is 79.5 Å². The Hall–Kier alpha value is -3.03. The van der Waals surface area contributed by atoms with Gasteiger partial charge in [-0.15, -0.1) is 5.10 Å². The number of fused-ring (bicyclic) bond motifs is 1. The second kappa shape index (κ2) is 8.84. The molecule has 0 fully saturated rings. The van der Waals surface area contributed by atoms with Crippen LogP contribution in [0.3, 0.4) is 0 Å². The van der Waals surface area contributed by atoms with E-state index in [4.69, 9.17) is 9.72 Å². The number of benzene rings is 3. The summed E-state index contributed by atoms with van der Waals surface area (Å²) in [6, 6.07) is 26.1. The molecule has 2 aromatic heterocycles. The predicted molar refractivity (Wildman–Crippen MR) is 133 cm³/mol. The zero-order valence-electron chi connectivity index (χ0n) is 17.1. The summed E-state index contributed by atoms with van der Waals surface area (Å²) >= 11 is 7.05. The lowest BCUT2D eigenvalue weighted by Crippen LogP contribution is -2.15. The van der Waals surface area contributed by atoms with E-state index in [-0.39, 0.29) is 6.04 Å². The van der Waals surface area contributed by atoms with E-state index in [0.29, 0.717) is 5.88 Å². The predicted octanol–water partition coefficient (Wildman–Crippen LogP) is 6.66. The Kier molecular flexibility index (Phi) is 5.76. The first kappa shape index (κ1) is 20.8. The summed E-state index contributed by atoms with van der Waals surface area (Å²) < 4.78 is 9.61. The summed E-state index contributed by atoms with van der Waals surface area (Å²) in [4.78, 5) is 4.77. The average molecular weight is 550 g/mol. The number of nitrogens with zero attached hydrogens (tertiary/aromatic N) is 4. The van der Waals surface area contributed by atoms with Gasteiger partial charge >= 0.3 is 0 Å². The molecule has 0 saturated heterocycles.